The number of alkyl halides is 3. The molecule has 1 radical (unpaired) electrons. The number of hydrogen-bond donors (Lipinski definition) is 3. The number of hydrogen-bond acceptors (Lipinski definition) is 8. The second kappa shape index (κ2) is 14.7. The summed E-state index contributed by atoms with van der Waals surface area (Å²) in [4.78, 5) is 38.6. The maximum absolute atomic E-state index is 13.5. The number of rotatable bonds is 10. The van der Waals surface area contributed by atoms with Crippen molar-refractivity contribution in [3.63, 3.8) is 0 Å². The molecule has 2 aromatic heterocycles. The highest BCUT2D eigenvalue weighted by Crippen LogP contribution is 2.35. The van der Waals surface area contributed by atoms with Crippen LogP contribution in [0.3, 0.4) is 0 Å². The Morgan fingerprint density at radius 2 is 1.73 bits per heavy atom. The molecule has 3 aromatic rings. The van der Waals surface area contributed by atoms with E-state index in [1.165, 1.54) is 25.9 Å². The molecule has 5 rings (SSSR count). The highest BCUT2D eigenvalue weighted by Gasteiger charge is 2.33. The van der Waals surface area contributed by atoms with Crippen LogP contribution in [0, 0.1) is 5.92 Å². The van der Waals surface area contributed by atoms with E-state index >= 15 is 0 Å². The minimum absolute atomic E-state index is 0.0262. The first-order chi connectivity index (χ1) is 21.7. The topological polar surface area (TPSA) is 112 Å². The summed E-state index contributed by atoms with van der Waals surface area (Å²) in [5.74, 6) is 0.241. The van der Waals surface area contributed by atoms with Gasteiger partial charge in [0, 0.05) is 51.1 Å². The van der Waals surface area contributed by atoms with Crippen molar-refractivity contribution in [2.24, 2.45) is 5.92 Å². The largest absolute Gasteiger partial charge is 0.437 e. The van der Waals surface area contributed by atoms with E-state index < -0.39 is 17.6 Å². The number of halogens is 3. The van der Waals surface area contributed by atoms with Crippen LogP contribution in [0.2, 0.25) is 0 Å². The van der Waals surface area contributed by atoms with E-state index in [-0.39, 0.29) is 29.2 Å². The van der Waals surface area contributed by atoms with Crippen LogP contribution in [0.4, 0.5) is 30.4 Å². The molecule has 2 saturated heterocycles. The second-order valence-electron chi connectivity index (χ2n) is 11.3. The normalized spacial score (nSPS) is 16.7. The van der Waals surface area contributed by atoms with Gasteiger partial charge >= 0.3 is 13.8 Å². The molecule has 0 spiro atoms. The lowest BCUT2D eigenvalue weighted by Gasteiger charge is -2.38. The molecule has 3 N–H and O–H groups in total. The fraction of sp³-hybridized carbons (Fsp3) is 0.419. The number of likely N-dealkylation sites (tertiary alicyclic amines) is 2. The molecule has 2 aliphatic rings. The van der Waals surface area contributed by atoms with Crippen LogP contribution in [0.1, 0.15) is 47.3 Å². The molecule has 1 aromatic carbocycles. The van der Waals surface area contributed by atoms with Crippen molar-refractivity contribution in [1.82, 2.24) is 19.8 Å². The van der Waals surface area contributed by atoms with Crippen LogP contribution in [-0.4, -0.2) is 78.5 Å². The van der Waals surface area contributed by atoms with Crippen LogP contribution in [0.15, 0.2) is 60.9 Å². The summed E-state index contributed by atoms with van der Waals surface area (Å²) in [6.07, 6.45) is 1.49. The highest BCUT2D eigenvalue weighted by molar-refractivity contribution is 6.32. The van der Waals surface area contributed by atoms with E-state index in [0.29, 0.717) is 37.4 Å². The smallest absolute Gasteiger partial charge is 0.422 e. The Kier molecular flexibility index (Phi) is 10.6. The van der Waals surface area contributed by atoms with Crippen LogP contribution in [0.5, 0.6) is 0 Å². The number of amides is 2. The number of nitrogens with one attached hydrogen (secondary N) is 3. The van der Waals surface area contributed by atoms with Gasteiger partial charge in [-0.1, -0.05) is 6.07 Å². The van der Waals surface area contributed by atoms with E-state index in [1.807, 2.05) is 17.0 Å². The third-order valence-corrected chi connectivity index (χ3v) is 8.15. The maximum atomic E-state index is 13.5. The van der Waals surface area contributed by atoms with Gasteiger partial charge in [-0.05, 0) is 86.8 Å². The molecule has 2 amide bonds. The first-order valence-corrected chi connectivity index (χ1v) is 15.0. The lowest BCUT2D eigenvalue weighted by molar-refractivity contribution is -0.138. The van der Waals surface area contributed by atoms with E-state index in [1.54, 1.807) is 25.4 Å². The highest BCUT2D eigenvalue weighted by atomic mass is 19.4. The predicted molar refractivity (Wildman–Crippen MR) is 165 cm³/mol. The van der Waals surface area contributed by atoms with Crippen molar-refractivity contribution < 1.29 is 27.4 Å². The number of benzene rings is 1. The van der Waals surface area contributed by atoms with Gasteiger partial charge in [0.05, 0.1) is 16.9 Å². The van der Waals surface area contributed by atoms with Crippen LogP contribution in [-0.2, 0) is 22.2 Å². The van der Waals surface area contributed by atoms with Gasteiger partial charge < -0.3 is 25.4 Å². The summed E-state index contributed by atoms with van der Waals surface area (Å²) in [6, 6.07) is 11.9. The number of carbonyl (C=O) groups excluding carboxylic acids is 2. The molecule has 4 heterocycles. The van der Waals surface area contributed by atoms with Crippen LogP contribution in [0.25, 0.3) is 0 Å². The predicted octanol–water partition coefficient (Wildman–Crippen LogP) is 4.66. The average molecular weight is 622 g/mol. The van der Waals surface area contributed by atoms with Gasteiger partial charge in [-0.2, -0.15) is 13.2 Å². The molecule has 14 heteroatoms. The van der Waals surface area contributed by atoms with Crippen molar-refractivity contribution >= 4 is 36.6 Å². The van der Waals surface area contributed by atoms with Crippen molar-refractivity contribution in [2.75, 3.05) is 49.2 Å². The molecule has 10 nitrogen and oxygen atoms in total. The Balaban J connectivity index is 1.13. The molecule has 0 saturated carbocycles. The van der Waals surface area contributed by atoms with Gasteiger partial charge in [-0.15, -0.1) is 0 Å². The van der Waals surface area contributed by atoms with Crippen molar-refractivity contribution in [1.29, 1.82) is 0 Å². The van der Waals surface area contributed by atoms with Crippen molar-refractivity contribution in [3.05, 3.63) is 77.7 Å². The van der Waals surface area contributed by atoms with Gasteiger partial charge in [-0.3, -0.25) is 19.5 Å². The standard InChI is InChI=1S/C31H36BF3N7O3/c1-45-32-40-28-18-21(7-13-37-28)20-41-14-8-22(9-15-41)30(44)42-16-10-24(11-17-42)38-25-6-5-23(31(33,34)35)19-27(25)39-29(43)26-4-2-3-12-36-26/h2-7,12-13,18-19,22,24,38H,8-11,14-17,20H2,1H3,(H,37,40)(H,39,43). The number of aromatic nitrogens is 2. The third kappa shape index (κ3) is 8.73. The molecule has 45 heavy (non-hydrogen) atoms. The molecule has 0 bridgehead atoms. The minimum Gasteiger partial charge on any atom is -0.422 e. The van der Waals surface area contributed by atoms with Gasteiger partial charge in [-0.25, -0.2) is 4.98 Å². The SMILES string of the molecule is CO[B]Nc1cc(CN2CCC(C(=O)N3CCC(Nc4ccc(C(F)(F)F)cc4NC(=O)c4ccccn4)CC3)CC2)ccn1. The van der Waals surface area contributed by atoms with Gasteiger partial charge in [0.15, 0.2) is 0 Å². The van der Waals surface area contributed by atoms with Crippen LogP contribution < -0.4 is 15.9 Å². The number of pyridine rings is 2. The Morgan fingerprint density at radius 3 is 2.42 bits per heavy atom. The number of anilines is 3. The summed E-state index contributed by atoms with van der Waals surface area (Å²) in [7, 11) is 3.03. The zero-order valence-electron chi connectivity index (χ0n) is 25.0. The van der Waals surface area contributed by atoms with E-state index in [4.69, 9.17) is 4.65 Å². The fourth-order valence-electron chi connectivity index (χ4n) is 5.72. The van der Waals surface area contributed by atoms with Crippen molar-refractivity contribution in [3.8, 4) is 0 Å². The Labute approximate surface area is 261 Å². The van der Waals surface area contributed by atoms with E-state index in [9.17, 15) is 22.8 Å². The Hall–Kier alpha value is -4.17. The molecular formula is C31H36BF3N7O3. The van der Waals surface area contributed by atoms with Crippen LogP contribution >= 0.6 is 0 Å². The molecule has 0 unspecified atom stereocenters. The lowest BCUT2D eigenvalue weighted by atomic mass is 9.93. The molecule has 2 fully saturated rings. The minimum atomic E-state index is -4.56. The first kappa shape index (κ1) is 32.2. The monoisotopic (exact) mass is 622 g/mol. The van der Waals surface area contributed by atoms with Gasteiger partial charge in [0.2, 0.25) is 5.91 Å². The summed E-state index contributed by atoms with van der Waals surface area (Å²) >= 11 is 0. The fourth-order valence-corrected chi connectivity index (χ4v) is 5.72. The maximum Gasteiger partial charge on any atom is 0.437 e. The Morgan fingerprint density at radius 1 is 0.956 bits per heavy atom. The quantitative estimate of drug-likeness (QED) is 0.280. The van der Waals surface area contributed by atoms with E-state index in [0.717, 1.165) is 50.2 Å². The molecule has 0 aliphatic carbocycles. The van der Waals surface area contributed by atoms with Gasteiger partial charge in [0.1, 0.15) is 11.5 Å². The first-order valence-electron chi connectivity index (χ1n) is 15.0. The molecular weight excluding hydrogens is 586 g/mol. The third-order valence-electron chi connectivity index (χ3n) is 8.15. The molecule has 237 valence electrons. The van der Waals surface area contributed by atoms with E-state index in [2.05, 4.69) is 30.7 Å². The Bertz CT molecular complexity index is 1450. The number of piperidine rings is 2. The lowest BCUT2D eigenvalue weighted by Crippen LogP contribution is -2.47. The summed E-state index contributed by atoms with van der Waals surface area (Å²) in [6.45, 7) is 3.53. The zero-order chi connectivity index (χ0) is 31.8. The second-order valence-corrected chi connectivity index (χ2v) is 11.3. The average Bonchev–Trinajstić information content (AvgIpc) is 3.05. The molecule has 0 atom stereocenters. The van der Waals surface area contributed by atoms with Gasteiger partial charge in [0.25, 0.3) is 5.91 Å². The summed E-state index contributed by atoms with van der Waals surface area (Å²) in [5.41, 5.74) is 0.777. The summed E-state index contributed by atoms with van der Waals surface area (Å²) < 4.78 is 45.3. The van der Waals surface area contributed by atoms with Crippen molar-refractivity contribution in [2.45, 2.75) is 44.4 Å². The molecule has 2 aliphatic heterocycles. The number of nitrogens with zero attached hydrogens (tertiary/aromatic N) is 4. The summed E-state index contributed by atoms with van der Waals surface area (Å²) in [5, 5.41) is 8.87. The number of carbonyl (C=O) groups is 2. The zero-order valence-corrected chi connectivity index (χ0v) is 25.0.